The van der Waals surface area contributed by atoms with Gasteiger partial charge in [0.05, 0.1) is 17.1 Å². The Bertz CT molecular complexity index is 1460. The van der Waals surface area contributed by atoms with Gasteiger partial charge >= 0.3 is 0 Å². The van der Waals surface area contributed by atoms with E-state index in [4.69, 9.17) is 11.6 Å². The summed E-state index contributed by atoms with van der Waals surface area (Å²) in [5, 5.41) is 4.95. The fourth-order valence-electron chi connectivity index (χ4n) is 3.78. The highest BCUT2D eigenvalue weighted by atomic mass is 35.5. The zero-order valence-electron chi connectivity index (χ0n) is 17.7. The van der Waals surface area contributed by atoms with Crippen molar-refractivity contribution in [3.05, 3.63) is 105 Å². The zero-order valence-corrected chi connectivity index (χ0v) is 19.3. The number of para-hydroxylation sites is 1. The number of thioether (sulfide) groups is 1. The van der Waals surface area contributed by atoms with Gasteiger partial charge < -0.3 is 9.88 Å². The van der Waals surface area contributed by atoms with E-state index in [1.54, 1.807) is 12.1 Å². The molecule has 3 aromatic carbocycles. The van der Waals surface area contributed by atoms with Crippen molar-refractivity contribution in [1.82, 2.24) is 9.88 Å². The van der Waals surface area contributed by atoms with Crippen LogP contribution in [0.3, 0.4) is 0 Å². The Kier molecular flexibility index (Phi) is 5.79. The molecule has 7 heteroatoms. The van der Waals surface area contributed by atoms with Crippen LogP contribution < -0.4 is 5.32 Å². The van der Waals surface area contributed by atoms with Gasteiger partial charge in [0.15, 0.2) is 5.17 Å². The Morgan fingerprint density at radius 1 is 1.09 bits per heavy atom. The van der Waals surface area contributed by atoms with Crippen molar-refractivity contribution >= 4 is 57.1 Å². The molecule has 1 fully saturated rings. The van der Waals surface area contributed by atoms with Gasteiger partial charge in [0.25, 0.3) is 5.91 Å². The number of nitrogens with one attached hydrogen (secondary N) is 1. The number of nitrogens with zero attached hydrogens (tertiary/aromatic N) is 2. The van der Waals surface area contributed by atoms with Gasteiger partial charge in [0.2, 0.25) is 0 Å². The summed E-state index contributed by atoms with van der Waals surface area (Å²) >= 11 is 7.47. The van der Waals surface area contributed by atoms with Crippen LogP contribution in [0.2, 0.25) is 5.02 Å². The molecule has 0 bridgehead atoms. The number of aliphatic imine (C=N–C) groups is 1. The fourth-order valence-corrected chi connectivity index (χ4v) is 4.77. The summed E-state index contributed by atoms with van der Waals surface area (Å²) in [5.74, 6) is -0.442. The van der Waals surface area contributed by atoms with E-state index in [2.05, 4.69) is 10.3 Å². The summed E-state index contributed by atoms with van der Waals surface area (Å²) in [6.45, 7) is 2.29. The number of hydrogen-bond donors (Lipinski definition) is 1. The van der Waals surface area contributed by atoms with Gasteiger partial charge in [-0.1, -0.05) is 54.1 Å². The Hall–Kier alpha value is -3.35. The third kappa shape index (κ3) is 4.32. The van der Waals surface area contributed by atoms with Crippen LogP contribution in [0, 0.1) is 12.7 Å². The summed E-state index contributed by atoms with van der Waals surface area (Å²) in [4.78, 5) is 17.8. The lowest BCUT2D eigenvalue weighted by molar-refractivity contribution is -0.115. The number of fused-ring (bicyclic) bond motifs is 1. The third-order valence-corrected chi connectivity index (χ3v) is 6.84. The molecule has 1 aliphatic heterocycles. The zero-order chi connectivity index (χ0) is 22.9. The molecule has 0 atom stereocenters. The second kappa shape index (κ2) is 8.89. The van der Waals surface area contributed by atoms with Crippen LogP contribution >= 0.6 is 23.4 Å². The number of aromatic nitrogens is 1. The van der Waals surface area contributed by atoms with Crippen molar-refractivity contribution in [2.45, 2.75) is 13.5 Å². The molecule has 1 amide bonds. The number of halogens is 2. The van der Waals surface area contributed by atoms with Gasteiger partial charge in [0, 0.05) is 33.2 Å². The Labute approximate surface area is 199 Å². The van der Waals surface area contributed by atoms with Crippen molar-refractivity contribution < 1.29 is 9.18 Å². The summed E-state index contributed by atoms with van der Waals surface area (Å²) in [6, 6.07) is 20.2. The van der Waals surface area contributed by atoms with Crippen LogP contribution in [0.4, 0.5) is 10.1 Å². The molecule has 0 aliphatic carbocycles. The number of carbonyl (C=O) groups is 1. The molecule has 0 spiro atoms. The lowest BCUT2D eigenvalue weighted by atomic mass is 10.1. The molecule has 5 rings (SSSR count). The summed E-state index contributed by atoms with van der Waals surface area (Å²) in [6.07, 6.45) is 3.81. The summed E-state index contributed by atoms with van der Waals surface area (Å²) < 4.78 is 16.2. The molecule has 1 aromatic heterocycles. The van der Waals surface area contributed by atoms with E-state index in [1.807, 2.05) is 72.3 Å². The average molecular weight is 476 g/mol. The summed E-state index contributed by atoms with van der Waals surface area (Å²) in [7, 11) is 0. The number of rotatable bonds is 4. The van der Waals surface area contributed by atoms with Gasteiger partial charge in [-0.25, -0.2) is 9.38 Å². The molecule has 0 radical (unpaired) electrons. The molecule has 1 aliphatic rings. The van der Waals surface area contributed by atoms with Gasteiger partial charge in [-0.2, -0.15) is 0 Å². The first kappa shape index (κ1) is 21.5. The first-order chi connectivity index (χ1) is 16.0. The monoisotopic (exact) mass is 475 g/mol. The maximum absolute atomic E-state index is 14.2. The lowest BCUT2D eigenvalue weighted by Crippen LogP contribution is -2.19. The summed E-state index contributed by atoms with van der Waals surface area (Å²) in [5.41, 5.74) is 4.04. The average Bonchev–Trinajstić information content (AvgIpc) is 3.33. The molecule has 2 heterocycles. The second-order valence-electron chi connectivity index (χ2n) is 7.69. The normalized spacial score (nSPS) is 16.2. The van der Waals surface area contributed by atoms with Gasteiger partial charge in [-0.05, 0) is 54.6 Å². The molecule has 164 valence electrons. The molecular weight excluding hydrogens is 457 g/mol. The quantitative estimate of drug-likeness (QED) is 0.334. The van der Waals surface area contributed by atoms with Crippen LogP contribution in [0.5, 0.6) is 0 Å². The van der Waals surface area contributed by atoms with Crippen LogP contribution in [0.25, 0.3) is 17.0 Å². The highest BCUT2D eigenvalue weighted by Gasteiger charge is 2.25. The molecule has 4 aromatic rings. The van der Waals surface area contributed by atoms with E-state index in [1.165, 1.54) is 17.8 Å². The third-order valence-electron chi connectivity index (χ3n) is 5.52. The van der Waals surface area contributed by atoms with Gasteiger partial charge in [-0.3, -0.25) is 4.79 Å². The van der Waals surface area contributed by atoms with Crippen molar-refractivity contribution in [1.29, 1.82) is 0 Å². The Balaban J connectivity index is 1.49. The molecule has 1 saturated heterocycles. The van der Waals surface area contributed by atoms with Crippen molar-refractivity contribution in [3.63, 3.8) is 0 Å². The van der Waals surface area contributed by atoms with Crippen molar-refractivity contribution in [3.8, 4) is 0 Å². The molecular formula is C26H19ClFN3OS. The van der Waals surface area contributed by atoms with Crippen molar-refractivity contribution in [2.75, 3.05) is 0 Å². The topological polar surface area (TPSA) is 46.4 Å². The standard InChI is InChI=1S/C26H19ClFN3OS/c1-16-20(27)9-6-11-22(16)29-26-30-25(32)24(33-26)13-18-15-31(23-12-5-3-8-19(18)23)14-17-7-2-4-10-21(17)28/h2-13,15H,14H2,1H3,(H,29,30,32)/b24-13+. The molecule has 0 unspecified atom stereocenters. The minimum atomic E-state index is -0.238. The minimum absolute atomic E-state index is 0.204. The van der Waals surface area contributed by atoms with Gasteiger partial charge in [0.1, 0.15) is 5.82 Å². The Morgan fingerprint density at radius 3 is 2.73 bits per heavy atom. The van der Waals surface area contributed by atoms with Crippen molar-refractivity contribution in [2.24, 2.45) is 4.99 Å². The first-order valence-electron chi connectivity index (χ1n) is 10.4. The molecule has 4 nitrogen and oxygen atoms in total. The fraction of sp³-hybridized carbons (Fsp3) is 0.0769. The number of amidine groups is 1. The number of carbonyl (C=O) groups excluding carboxylic acids is 1. The van der Waals surface area contributed by atoms with E-state index in [0.717, 1.165) is 22.0 Å². The molecule has 0 saturated carbocycles. The number of benzene rings is 3. The molecule has 1 N–H and O–H groups in total. The van der Waals surface area contributed by atoms with E-state index in [9.17, 15) is 9.18 Å². The number of hydrogen-bond acceptors (Lipinski definition) is 3. The van der Waals surface area contributed by atoms with E-state index in [-0.39, 0.29) is 11.7 Å². The van der Waals surface area contributed by atoms with Crippen LogP contribution in [0.1, 0.15) is 16.7 Å². The lowest BCUT2D eigenvalue weighted by Gasteiger charge is -2.06. The predicted octanol–water partition coefficient (Wildman–Crippen LogP) is 6.68. The van der Waals surface area contributed by atoms with Gasteiger partial charge in [-0.15, -0.1) is 0 Å². The SMILES string of the molecule is Cc1c(Cl)cccc1N=C1NC(=O)/C(=C\c2cn(Cc3ccccc3F)c3ccccc23)S1. The van der Waals surface area contributed by atoms with E-state index < -0.39 is 0 Å². The van der Waals surface area contributed by atoms with E-state index in [0.29, 0.717) is 32.9 Å². The maximum Gasteiger partial charge on any atom is 0.264 e. The highest BCUT2D eigenvalue weighted by Crippen LogP contribution is 2.33. The first-order valence-corrected chi connectivity index (χ1v) is 11.5. The maximum atomic E-state index is 14.2. The largest absolute Gasteiger partial charge is 0.342 e. The van der Waals surface area contributed by atoms with Crippen LogP contribution in [0.15, 0.2) is 82.8 Å². The Morgan fingerprint density at radius 2 is 1.88 bits per heavy atom. The predicted molar refractivity (Wildman–Crippen MR) is 134 cm³/mol. The number of amides is 1. The van der Waals surface area contributed by atoms with E-state index >= 15 is 0 Å². The smallest absolute Gasteiger partial charge is 0.264 e. The molecule has 33 heavy (non-hydrogen) atoms. The van der Waals surface area contributed by atoms with Crippen LogP contribution in [-0.4, -0.2) is 15.6 Å². The van der Waals surface area contributed by atoms with Crippen LogP contribution in [-0.2, 0) is 11.3 Å². The highest BCUT2D eigenvalue weighted by molar-refractivity contribution is 8.18. The second-order valence-corrected chi connectivity index (χ2v) is 9.12. The minimum Gasteiger partial charge on any atom is -0.342 e.